The molecular formula is C15H26N2O3S. The van der Waals surface area contributed by atoms with Crippen molar-refractivity contribution >= 4 is 10.0 Å². The molecule has 21 heavy (non-hydrogen) atoms. The summed E-state index contributed by atoms with van der Waals surface area (Å²) in [6.07, 6.45) is 3.94. The Bertz CT molecular complexity index is 543. The Balaban J connectivity index is 2.15. The Labute approximate surface area is 127 Å². The normalized spacial score (nSPS) is 24.3. The first-order valence-corrected chi connectivity index (χ1v) is 9.23. The second-order valence-corrected chi connectivity index (χ2v) is 7.64. The topological polar surface area (TPSA) is 62.6 Å². The smallest absolute Gasteiger partial charge is 0.276 e. The van der Waals surface area contributed by atoms with Crippen LogP contribution in [0.2, 0.25) is 0 Å². The molecule has 0 amide bonds. The highest BCUT2D eigenvalue weighted by Crippen LogP contribution is 2.30. The van der Waals surface area contributed by atoms with E-state index in [2.05, 4.69) is 12.2 Å². The molecule has 6 heteroatoms. The number of nitrogens with one attached hydrogen (secondary N) is 1. The van der Waals surface area contributed by atoms with E-state index in [9.17, 15) is 8.42 Å². The fourth-order valence-electron chi connectivity index (χ4n) is 2.96. The first-order valence-electron chi connectivity index (χ1n) is 7.79. The van der Waals surface area contributed by atoms with E-state index in [0.29, 0.717) is 12.3 Å². The van der Waals surface area contributed by atoms with Gasteiger partial charge in [-0.25, -0.2) is 8.42 Å². The maximum Gasteiger partial charge on any atom is 0.276 e. The molecule has 0 aromatic carbocycles. The van der Waals surface area contributed by atoms with Gasteiger partial charge in [0.25, 0.3) is 10.0 Å². The van der Waals surface area contributed by atoms with Gasteiger partial charge in [0.05, 0.1) is 6.54 Å². The van der Waals surface area contributed by atoms with E-state index in [1.54, 1.807) is 16.4 Å². The number of nitrogens with zero attached hydrogens (tertiary/aromatic N) is 1. The lowest BCUT2D eigenvalue weighted by Crippen LogP contribution is -2.47. The molecule has 2 rings (SSSR count). The molecule has 1 aromatic heterocycles. The Morgan fingerprint density at radius 3 is 2.57 bits per heavy atom. The van der Waals surface area contributed by atoms with Crippen molar-refractivity contribution in [3.05, 3.63) is 17.9 Å². The zero-order chi connectivity index (χ0) is 15.5. The minimum atomic E-state index is -3.53. The summed E-state index contributed by atoms with van der Waals surface area (Å²) < 4.78 is 32.7. The fourth-order valence-corrected chi connectivity index (χ4v) is 4.77. The minimum absolute atomic E-state index is 0.0329. The number of hydrogen-bond donors (Lipinski definition) is 1. The van der Waals surface area contributed by atoms with Crippen molar-refractivity contribution in [2.45, 2.75) is 70.2 Å². The number of hydrogen-bond acceptors (Lipinski definition) is 4. The summed E-state index contributed by atoms with van der Waals surface area (Å²) in [6.45, 7) is 7.49. The Morgan fingerprint density at radius 2 is 1.95 bits per heavy atom. The SMILES string of the molecule is CCCNCc1ccc(S(=O)(=O)N2[C@H](C)CCC[C@@H]2C)o1. The van der Waals surface area contributed by atoms with E-state index in [0.717, 1.165) is 32.2 Å². The summed E-state index contributed by atoms with van der Waals surface area (Å²) in [5, 5.41) is 3.28. The van der Waals surface area contributed by atoms with Crippen LogP contribution in [0.1, 0.15) is 52.2 Å². The summed E-state index contributed by atoms with van der Waals surface area (Å²) in [7, 11) is -3.53. The van der Waals surface area contributed by atoms with Crippen LogP contribution in [0.4, 0.5) is 0 Å². The predicted octanol–water partition coefficient (Wildman–Crippen LogP) is 2.73. The summed E-state index contributed by atoms with van der Waals surface area (Å²) in [5.74, 6) is 0.666. The van der Waals surface area contributed by atoms with Crippen molar-refractivity contribution in [2.75, 3.05) is 6.54 Å². The highest BCUT2D eigenvalue weighted by molar-refractivity contribution is 7.89. The second-order valence-electron chi connectivity index (χ2n) is 5.86. The molecule has 2 atom stereocenters. The van der Waals surface area contributed by atoms with Crippen molar-refractivity contribution in [2.24, 2.45) is 0 Å². The minimum Gasteiger partial charge on any atom is -0.447 e. The van der Waals surface area contributed by atoms with E-state index in [1.807, 2.05) is 13.8 Å². The van der Waals surface area contributed by atoms with Gasteiger partial charge in [0, 0.05) is 12.1 Å². The average Bonchev–Trinajstić information content (AvgIpc) is 2.88. The van der Waals surface area contributed by atoms with Crippen LogP contribution >= 0.6 is 0 Å². The first kappa shape index (κ1) is 16.5. The molecule has 1 aliphatic rings. The van der Waals surface area contributed by atoms with Crippen LogP contribution in [0, 0.1) is 0 Å². The van der Waals surface area contributed by atoms with Crippen LogP contribution in [-0.2, 0) is 16.6 Å². The first-order chi connectivity index (χ1) is 9.96. The molecule has 0 unspecified atom stereocenters. The summed E-state index contributed by atoms with van der Waals surface area (Å²) in [4.78, 5) is 0. The molecule has 1 aromatic rings. The van der Waals surface area contributed by atoms with Gasteiger partial charge in [-0.2, -0.15) is 4.31 Å². The van der Waals surface area contributed by atoms with Gasteiger partial charge in [-0.15, -0.1) is 0 Å². The van der Waals surface area contributed by atoms with Gasteiger partial charge < -0.3 is 9.73 Å². The quantitative estimate of drug-likeness (QED) is 0.820. The van der Waals surface area contributed by atoms with Crippen molar-refractivity contribution in [1.82, 2.24) is 9.62 Å². The third kappa shape index (κ3) is 3.67. The van der Waals surface area contributed by atoms with Gasteiger partial charge in [-0.3, -0.25) is 0 Å². The van der Waals surface area contributed by atoms with Crippen molar-refractivity contribution in [1.29, 1.82) is 0 Å². The van der Waals surface area contributed by atoms with Gasteiger partial charge in [-0.1, -0.05) is 13.3 Å². The zero-order valence-corrected chi connectivity index (χ0v) is 13.9. The largest absolute Gasteiger partial charge is 0.447 e. The maximum absolute atomic E-state index is 12.8. The van der Waals surface area contributed by atoms with Crippen molar-refractivity contribution in [3.63, 3.8) is 0 Å². The van der Waals surface area contributed by atoms with Gasteiger partial charge in [0.1, 0.15) is 5.76 Å². The second kappa shape index (κ2) is 6.94. The van der Waals surface area contributed by atoms with E-state index < -0.39 is 10.0 Å². The van der Waals surface area contributed by atoms with Crippen LogP contribution in [0.3, 0.4) is 0 Å². The molecule has 0 spiro atoms. The molecule has 1 N–H and O–H groups in total. The average molecular weight is 314 g/mol. The Morgan fingerprint density at radius 1 is 1.29 bits per heavy atom. The molecule has 1 aliphatic heterocycles. The van der Waals surface area contributed by atoms with Gasteiger partial charge >= 0.3 is 0 Å². The number of furan rings is 1. The molecule has 5 nitrogen and oxygen atoms in total. The predicted molar refractivity (Wildman–Crippen MR) is 82.5 cm³/mol. The summed E-state index contributed by atoms with van der Waals surface area (Å²) >= 11 is 0. The highest BCUT2D eigenvalue weighted by atomic mass is 32.2. The molecule has 2 heterocycles. The van der Waals surface area contributed by atoms with E-state index in [4.69, 9.17) is 4.42 Å². The van der Waals surface area contributed by atoms with E-state index >= 15 is 0 Å². The fraction of sp³-hybridized carbons (Fsp3) is 0.733. The molecule has 120 valence electrons. The number of sulfonamides is 1. The molecular weight excluding hydrogens is 288 g/mol. The van der Waals surface area contributed by atoms with Gasteiger partial charge in [-0.05, 0) is 51.8 Å². The molecule has 0 aliphatic carbocycles. The molecule has 0 bridgehead atoms. The van der Waals surface area contributed by atoms with Crippen LogP contribution in [0.15, 0.2) is 21.6 Å². The summed E-state index contributed by atoms with van der Waals surface area (Å²) in [5.41, 5.74) is 0. The standard InChI is InChI=1S/C15H26N2O3S/c1-4-10-16-11-14-8-9-15(20-14)21(18,19)17-12(2)6-5-7-13(17)3/h8-9,12-13,16H,4-7,10-11H2,1-3H3/t12-,13+. The number of piperidine rings is 1. The van der Waals surface area contributed by atoms with Crippen molar-refractivity contribution in [3.8, 4) is 0 Å². The lowest BCUT2D eigenvalue weighted by molar-refractivity contribution is 0.199. The Kier molecular flexibility index (Phi) is 5.46. The van der Waals surface area contributed by atoms with E-state index in [1.165, 1.54) is 0 Å². The maximum atomic E-state index is 12.8. The molecule has 0 radical (unpaired) electrons. The van der Waals surface area contributed by atoms with Crippen LogP contribution < -0.4 is 5.32 Å². The Hall–Kier alpha value is -0.850. The third-order valence-corrected chi connectivity index (χ3v) is 6.01. The molecule has 1 saturated heterocycles. The van der Waals surface area contributed by atoms with Gasteiger partial charge in [0.15, 0.2) is 0 Å². The monoisotopic (exact) mass is 314 g/mol. The zero-order valence-electron chi connectivity index (χ0n) is 13.1. The summed E-state index contributed by atoms with van der Waals surface area (Å²) in [6, 6.07) is 3.39. The molecule has 0 saturated carbocycles. The van der Waals surface area contributed by atoms with E-state index in [-0.39, 0.29) is 17.2 Å². The van der Waals surface area contributed by atoms with Crippen LogP contribution in [0.25, 0.3) is 0 Å². The highest BCUT2D eigenvalue weighted by Gasteiger charge is 2.37. The van der Waals surface area contributed by atoms with Crippen molar-refractivity contribution < 1.29 is 12.8 Å². The van der Waals surface area contributed by atoms with Crippen LogP contribution in [0.5, 0.6) is 0 Å². The third-order valence-electron chi connectivity index (χ3n) is 4.01. The molecule has 1 fully saturated rings. The van der Waals surface area contributed by atoms with Crippen LogP contribution in [-0.4, -0.2) is 31.4 Å². The lowest BCUT2D eigenvalue weighted by Gasteiger charge is -2.36. The number of rotatable bonds is 6. The lowest BCUT2D eigenvalue weighted by atomic mass is 10.0. The van der Waals surface area contributed by atoms with Gasteiger partial charge in [0.2, 0.25) is 5.09 Å².